The summed E-state index contributed by atoms with van der Waals surface area (Å²) in [6.45, 7) is 6.12. The van der Waals surface area contributed by atoms with E-state index in [1.165, 1.54) is 6.33 Å². The molecule has 37 heavy (non-hydrogen) atoms. The lowest BCUT2D eigenvalue weighted by Crippen LogP contribution is -2.28. The lowest BCUT2D eigenvalue weighted by Gasteiger charge is -2.23. The minimum absolute atomic E-state index is 0.170. The average Bonchev–Trinajstić information content (AvgIpc) is 2.99. The number of ether oxygens (including phenoxy) is 1. The number of amides is 1. The Kier molecular flexibility index (Phi) is 8.88. The average molecular weight is 503 g/mol. The molecule has 1 aliphatic rings. The molecule has 1 saturated heterocycles. The van der Waals surface area contributed by atoms with Crippen molar-refractivity contribution >= 4 is 29.0 Å². The van der Waals surface area contributed by atoms with Gasteiger partial charge in [-0.05, 0) is 54.7 Å². The first-order chi connectivity index (χ1) is 18.0. The molecule has 2 heterocycles. The smallest absolute Gasteiger partial charge is 0.255 e. The van der Waals surface area contributed by atoms with Gasteiger partial charge in [0, 0.05) is 48.3 Å². The van der Waals surface area contributed by atoms with E-state index in [4.69, 9.17) is 15.5 Å². The Morgan fingerprint density at radius 3 is 2.76 bits per heavy atom. The predicted octanol–water partition coefficient (Wildman–Crippen LogP) is 4.49. The van der Waals surface area contributed by atoms with Gasteiger partial charge in [0.25, 0.3) is 5.91 Å². The van der Waals surface area contributed by atoms with Crippen LogP contribution in [0.3, 0.4) is 0 Å². The standard InChI is InChI=1S/C27H34N8O2/c1-18(2)24-16-31-32-17-30-27(34-22-9-11-37-12-10-22)35-25(24)29-15-19-5-3-8-23(13-19)33-26(36)20-6-4-7-21(28)14-20/h3-8,13-14,16-18,22,29H,9-12,15,28H2,1-2H3,(H,33,36)(H2,30,32,34,35). The van der Waals surface area contributed by atoms with E-state index in [0.29, 0.717) is 35.2 Å². The van der Waals surface area contributed by atoms with Gasteiger partial charge in [-0.25, -0.2) is 4.98 Å². The Labute approximate surface area is 216 Å². The fourth-order valence-electron chi connectivity index (χ4n) is 3.98. The number of nitrogens with one attached hydrogen (secondary N) is 4. The zero-order valence-electron chi connectivity index (χ0n) is 21.2. The minimum atomic E-state index is -0.214. The third-order valence-corrected chi connectivity index (χ3v) is 5.98. The number of hydrogen-bond donors (Lipinski definition) is 5. The molecule has 0 saturated carbocycles. The van der Waals surface area contributed by atoms with Gasteiger partial charge in [0.15, 0.2) is 0 Å². The van der Waals surface area contributed by atoms with E-state index in [-0.39, 0.29) is 17.9 Å². The molecule has 4 rings (SSSR count). The number of benzene rings is 2. The fourth-order valence-corrected chi connectivity index (χ4v) is 3.98. The van der Waals surface area contributed by atoms with E-state index in [9.17, 15) is 4.79 Å². The molecule has 10 heteroatoms. The highest BCUT2D eigenvalue weighted by Crippen LogP contribution is 2.22. The second-order valence-corrected chi connectivity index (χ2v) is 9.20. The Morgan fingerprint density at radius 2 is 1.97 bits per heavy atom. The first-order valence-corrected chi connectivity index (χ1v) is 12.5. The Morgan fingerprint density at radius 1 is 1.16 bits per heavy atom. The molecule has 1 amide bonds. The maximum absolute atomic E-state index is 12.6. The van der Waals surface area contributed by atoms with Crippen molar-refractivity contribution in [1.29, 1.82) is 0 Å². The molecule has 6 N–H and O–H groups in total. The summed E-state index contributed by atoms with van der Waals surface area (Å²) in [7, 11) is 0. The highest BCUT2D eigenvalue weighted by atomic mass is 16.5. The van der Waals surface area contributed by atoms with Crippen LogP contribution in [0.4, 0.5) is 23.1 Å². The van der Waals surface area contributed by atoms with Crippen molar-refractivity contribution in [3.05, 3.63) is 77.7 Å². The second-order valence-electron chi connectivity index (χ2n) is 9.20. The number of aromatic amines is 1. The number of anilines is 4. The van der Waals surface area contributed by atoms with E-state index in [1.54, 1.807) is 30.5 Å². The molecule has 3 aromatic rings. The van der Waals surface area contributed by atoms with Gasteiger partial charge in [0.05, 0.1) is 6.20 Å². The van der Waals surface area contributed by atoms with Gasteiger partial charge in [-0.2, -0.15) is 10.1 Å². The highest BCUT2D eigenvalue weighted by molar-refractivity contribution is 6.04. The minimum Gasteiger partial charge on any atom is -0.399 e. The number of aromatic nitrogens is 4. The number of nitrogen functional groups attached to an aromatic ring is 1. The summed E-state index contributed by atoms with van der Waals surface area (Å²) in [6.07, 6.45) is 5.09. The van der Waals surface area contributed by atoms with Crippen molar-refractivity contribution in [3.63, 3.8) is 0 Å². The number of nitrogens with two attached hydrogens (primary N) is 1. The molecule has 0 atom stereocenters. The molecular formula is C27H34N8O2. The summed E-state index contributed by atoms with van der Waals surface area (Å²) in [5.41, 5.74) is 9.48. The summed E-state index contributed by atoms with van der Waals surface area (Å²) in [5.74, 6) is 1.15. The third-order valence-electron chi connectivity index (χ3n) is 5.98. The van der Waals surface area contributed by atoms with Gasteiger partial charge in [-0.1, -0.05) is 32.0 Å². The van der Waals surface area contributed by atoms with Crippen LogP contribution in [0.5, 0.6) is 0 Å². The number of H-pyrrole nitrogens is 1. The van der Waals surface area contributed by atoms with Crippen LogP contribution in [0, 0.1) is 0 Å². The first kappa shape index (κ1) is 25.9. The third kappa shape index (κ3) is 7.65. The molecule has 1 fully saturated rings. The van der Waals surface area contributed by atoms with Crippen molar-refractivity contribution in [3.8, 4) is 0 Å². The molecule has 10 nitrogen and oxygen atoms in total. The van der Waals surface area contributed by atoms with Crippen LogP contribution in [-0.4, -0.2) is 45.3 Å². The van der Waals surface area contributed by atoms with Crippen LogP contribution in [0.2, 0.25) is 0 Å². The van der Waals surface area contributed by atoms with Gasteiger partial charge < -0.3 is 26.4 Å². The molecule has 0 radical (unpaired) electrons. The normalized spacial score (nSPS) is 13.6. The monoisotopic (exact) mass is 502 g/mol. The van der Waals surface area contributed by atoms with Crippen LogP contribution in [0.25, 0.3) is 0 Å². The summed E-state index contributed by atoms with van der Waals surface area (Å²) < 4.78 is 5.47. The summed E-state index contributed by atoms with van der Waals surface area (Å²) in [4.78, 5) is 21.9. The topological polar surface area (TPSA) is 143 Å². The summed E-state index contributed by atoms with van der Waals surface area (Å²) in [5, 5.41) is 16.9. The van der Waals surface area contributed by atoms with Gasteiger partial charge >= 0.3 is 0 Å². The van der Waals surface area contributed by atoms with Crippen molar-refractivity contribution in [1.82, 2.24) is 20.2 Å². The molecule has 2 aromatic carbocycles. The van der Waals surface area contributed by atoms with Gasteiger partial charge in [-0.15, -0.1) is 0 Å². The molecule has 0 spiro atoms. The van der Waals surface area contributed by atoms with Crippen molar-refractivity contribution in [2.45, 2.75) is 45.2 Å². The zero-order chi connectivity index (χ0) is 26.0. The Balaban J connectivity index is 1.54. The first-order valence-electron chi connectivity index (χ1n) is 12.5. The quantitative estimate of drug-likeness (QED) is 0.284. The van der Waals surface area contributed by atoms with Crippen LogP contribution >= 0.6 is 0 Å². The number of nitrogens with zero attached hydrogens (tertiary/aromatic N) is 3. The van der Waals surface area contributed by atoms with Crippen LogP contribution in [0.15, 0.2) is 61.1 Å². The highest BCUT2D eigenvalue weighted by Gasteiger charge is 2.15. The molecule has 0 bridgehead atoms. The lowest BCUT2D eigenvalue weighted by atomic mass is 10.1. The van der Waals surface area contributed by atoms with Crippen molar-refractivity contribution < 1.29 is 9.53 Å². The largest absolute Gasteiger partial charge is 0.399 e. The SMILES string of the molecule is CC(C)c1cn[nH]cnc(NC2CCOCC2)nc1NCc1cccc(NC(=O)c2cccc(N)c2)c1. The second kappa shape index (κ2) is 12.7. The summed E-state index contributed by atoms with van der Waals surface area (Å²) >= 11 is 0. The zero-order valence-corrected chi connectivity index (χ0v) is 21.2. The molecule has 0 aliphatic carbocycles. The lowest BCUT2D eigenvalue weighted by molar-refractivity contribution is 0.0903. The molecular weight excluding hydrogens is 468 g/mol. The van der Waals surface area contributed by atoms with Crippen LogP contribution in [0.1, 0.15) is 54.1 Å². The van der Waals surface area contributed by atoms with Crippen molar-refractivity contribution in [2.75, 3.05) is 34.9 Å². The number of carbonyl (C=O) groups is 1. The number of carbonyl (C=O) groups excluding carboxylic acids is 1. The number of hydrogen-bond acceptors (Lipinski definition) is 8. The van der Waals surface area contributed by atoms with E-state index in [2.05, 4.69) is 45.0 Å². The Hall–Kier alpha value is -4.18. The van der Waals surface area contributed by atoms with E-state index in [1.807, 2.05) is 24.3 Å². The molecule has 194 valence electrons. The van der Waals surface area contributed by atoms with E-state index >= 15 is 0 Å². The van der Waals surface area contributed by atoms with Crippen LogP contribution in [-0.2, 0) is 11.3 Å². The molecule has 0 unspecified atom stereocenters. The Bertz CT molecular complexity index is 1250. The predicted molar refractivity (Wildman–Crippen MR) is 146 cm³/mol. The van der Waals surface area contributed by atoms with Gasteiger partial charge in [0.2, 0.25) is 5.95 Å². The maximum atomic E-state index is 12.6. The summed E-state index contributed by atoms with van der Waals surface area (Å²) in [6, 6.07) is 14.8. The fraction of sp³-hybridized carbons (Fsp3) is 0.333. The van der Waals surface area contributed by atoms with Crippen molar-refractivity contribution in [2.24, 2.45) is 0 Å². The molecule has 1 aromatic heterocycles. The number of rotatable bonds is 8. The van der Waals surface area contributed by atoms with E-state index in [0.717, 1.165) is 37.2 Å². The maximum Gasteiger partial charge on any atom is 0.255 e. The van der Waals surface area contributed by atoms with E-state index < -0.39 is 0 Å². The van der Waals surface area contributed by atoms with Crippen LogP contribution < -0.4 is 21.7 Å². The van der Waals surface area contributed by atoms with Gasteiger partial charge in [0.1, 0.15) is 12.1 Å². The van der Waals surface area contributed by atoms with Gasteiger partial charge in [-0.3, -0.25) is 9.89 Å². The molecule has 1 aliphatic heterocycles.